The third kappa shape index (κ3) is 2.41. The maximum absolute atomic E-state index is 11.8. The lowest BCUT2D eigenvalue weighted by Crippen LogP contribution is -2.17. The fraction of sp³-hybridized carbons (Fsp3) is 0.286. The van der Waals surface area contributed by atoms with Crippen LogP contribution in [-0.2, 0) is 6.54 Å². The van der Waals surface area contributed by atoms with E-state index in [1.165, 1.54) is 18.5 Å². The molecule has 0 aliphatic rings. The molecular weight excluding hydrogens is 169 g/mol. The number of hydrogen-bond donors (Lipinski definition) is 0. The van der Waals surface area contributed by atoms with Gasteiger partial charge in [-0.1, -0.05) is 12.7 Å². The first-order valence-electron chi connectivity index (χ1n) is 3.23. The average Bonchev–Trinajstić information content (AvgIpc) is 2.32. The molecule has 0 fully saturated rings. The lowest BCUT2D eigenvalue weighted by molar-refractivity contribution is -0.142. The summed E-state index contributed by atoms with van der Waals surface area (Å²) in [5.74, 6) is 0. The molecule has 0 aliphatic heterocycles. The molecular formula is C7H7F3N2. The summed E-state index contributed by atoms with van der Waals surface area (Å²) >= 11 is 0. The number of aromatic nitrogens is 2. The summed E-state index contributed by atoms with van der Waals surface area (Å²) in [6.07, 6.45) is -0.149. The first-order chi connectivity index (χ1) is 5.51. The summed E-state index contributed by atoms with van der Waals surface area (Å²) in [5.41, 5.74) is 0.583. The third-order valence-electron chi connectivity index (χ3n) is 1.23. The van der Waals surface area contributed by atoms with Crippen molar-refractivity contribution < 1.29 is 13.2 Å². The van der Waals surface area contributed by atoms with Gasteiger partial charge in [-0.25, -0.2) is 0 Å². The van der Waals surface area contributed by atoms with Crippen molar-refractivity contribution in [1.82, 2.24) is 9.78 Å². The molecule has 1 aromatic rings. The molecule has 0 aliphatic carbocycles. The minimum Gasteiger partial charge on any atom is -0.263 e. The molecule has 0 amide bonds. The van der Waals surface area contributed by atoms with E-state index in [1.807, 2.05) is 0 Å². The fourth-order valence-electron chi connectivity index (χ4n) is 0.755. The standard InChI is InChI=1S/C7H7F3N2/c1-2-6-3-11-12(4-6)5-7(8,9)10/h2-4H,1,5H2. The first kappa shape index (κ1) is 8.83. The first-order valence-corrected chi connectivity index (χ1v) is 3.23. The van der Waals surface area contributed by atoms with Crippen LogP contribution in [0.15, 0.2) is 19.0 Å². The minimum absolute atomic E-state index is 0.583. The molecule has 1 rings (SSSR count). The second kappa shape index (κ2) is 3.00. The molecule has 0 atom stereocenters. The van der Waals surface area contributed by atoms with Crippen LogP contribution in [0.5, 0.6) is 0 Å². The number of alkyl halides is 3. The van der Waals surface area contributed by atoms with Crippen LogP contribution in [0.1, 0.15) is 5.56 Å². The summed E-state index contributed by atoms with van der Waals surface area (Å²) in [6, 6.07) is 0. The van der Waals surface area contributed by atoms with E-state index in [4.69, 9.17) is 0 Å². The average molecular weight is 176 g/mol. The Kier molecular flexibility index (Phi) is 2.21. The predicted molar refractivity (Wildman–Crippen MR) is 38.4 cm³/mol. The van der Waals surface area contributed by atoms with Crippen LogP contribution in [0.4, 0.5) is 13.2 Å². The Morgan fingerprint density at radius 3 is 2.67 bits per heavy atom. The van der Waals surface area contributed by atoms with E-state index in [0.29, 0.717) is 5.56 Å². The van der Waals surface area contributed by atoms with Gasteiger partial charge in [0, 0.05) is 11.8 Å². The van der Waals surface area contributed by atoms with Gasteiger partial charge < -0.3 is 0 Å². The van der Waals surface area contributed by atoms with E-state index in [2.05, 4.69) is 11.7 Å². The maximum atomic E-state index is 11.8. The Hall–Kier alpha value is -1.26. The molecule has 0 bridgehead atoms. The van der Waals surface area contributed by atoms with Gasteiger partial charge in [0.25, 0.3) is 0 Å². The summed E-state index contributed by atoms with van der Waals surface area (Å²) in [4.78, 5) is 0. The highest BCUT2D eigenvalue weighted by Crippen LogP contribution is 2.17. The second-order valence-corrected chi connectivity index (χ2v) is 2.29. The molecule has 0 spiro atoms. The van der Waals surface area contributed by atoms with Gasteiger partial charge in [-0.3, -0.25) is 4.68 Å². The van der Waals surface area contributed by atoms with Gasteiger partial charge in [0.1, 0.15) is 6.54 Å². The number of nitrogens with zero attached hydrogens (tertiary/aromatic N) is 2. The van der Waals surface area contributed by atoms with Crippen molar-refractivity contribution in [3.8, 4) is 0 Å². The van der Waals surface area contributed by atoms with Gasteiger partial charge in [0.2, 0.25) is 0 Å². The van der Waals surface area contributed by atoms with Crippen LogP contribution in [-0.4, -0.2) is 16.0 Å². The summed E-state index contributed by atoms with van der Waals surface area (Å²) < 4.78 is 36.1. The second-order valence-electron chi connectivity index (χ2n) is 2.29. The molecule has 0 N–H and O–H groups in total. The summed E-state index contributed by atoms with van der Waals surface area (Å²) in [6.45, 7) is 2.35. The minimum atomic E-state index is -4.22. The Morgan fingerprint density at radius 1 is 1.58 bits per heavy atom. The highest BCUT2D eigenvalue weighted by atomic mass is 19.4. The van der Waals surface area contributed by atoms with Crippen LogP contribution >= 0.6 is 0 Å². The van der Waals surface area contributed by atoms with Gasteiger partial charge in [0.15, 0.2) is 0 Å². The third-order valence-corrected chi connectivity index (χ3v) is 1.23. The van der Waals surface area contributed by atoms with Gasteiger partial charge in [-0.15, -0.1) is 0 Å². The van der Waals surface area contributed by atoms with Crippen molar-refractivity contribution in [2.75, 3.05) is 0 Å². The molecule has 0 unspecified atom stereocenters. The highest BCUT2D eigenvalue weighted by Gasteiger charge is 2.28. The van der Waals surface area contributed by atoms with Crippen molar-refractivity contribution in [2.45, 2.75) is 12.7 Å². The fourth-order valence-corrected chi connectivity index (χ4v) is 0.755. The maximum Gasteiger partial charge on any atom is 0.408 e. The Bertz CT molecular complexity index is 274. The number of hydrogen-bond acceptors (Lipinski definition) is 1. The van der Waals surface area contributed by atoms with Gasteiger partial charge in [-0.05, 0) is 0 Å². The molecule has 2 nitrogen and oxygen atoms in total. The van der Waals surface area contributed by atoms with Crippen molar-refractivity contribution in [2.24, 2.45) is 0 Å². The smallest absolute Gasteiger partial charge is 0.263 e. The molecule has 1 heterocycles. The molecule has 0 radical (unpaired) electrons. The normalized spacial score (nSPS) is 11.6. The van der Waals surface area contributed by atoms with Gasteiger partial charge in [0.05, 0.1) is 6.20 Å². The van der Waals surface area contributed by atoms with Crippen molar-refractivity contribution in [3.63, 3.8) is 0 Å². The Balaban J connectivity index is 2.70. The van der Waals surface area contributed by atoms with Crippen LogP contribution in [0, 0.1) is 0 Å². The summed E-state index contributed by atoms with van der Waals surface area (Å²) in [5, 5.41) is 3.50. The lowest BCUT2D eigenvalue weighted by Gasteiger charge is -2.04. The molecule has 12 heavy (non-hydrogen) atoms. The molecule has 0 saturated carbocycles. The van der Waals surface area contributed by atoms with Crippen molar-refractivity contribution >= 4 is 6.08 Å². The number of halogens is 3. The highest BCUT2D eigenvalue weighted by molar-refractivity contribution is 5.43. The van der Waals surface area contributed by atoms with E-state index in [-0.39, 0.29) is 0 Å². The molecule has 0 saturated heterocycles. The molecule has 5 heteroatoms. The molecule has 66 valence electrons. The number of rotatable bonds is 2. The topological polar surface area (TPSA) is 17.8 Å². The van der Waals surface area contributed by atoms with E-state index >= 15 is 0 Å². The zero-order valence-corrected chi connectivity index (χ0v) is 6.17. The van der Waals surface area contributed by atoms with E-state index < -0.39 is 12.7 Å². The quantitative estimate of drug-likeness (QED) is 0.674. The SMILES string of the molecule is C=Cc1cnn(CC(F)(F)F)c1. The van der Waals surface area contributed by atoms with E-state index in [0.717, 1.165) is 4.68 Å². The Morgan fingerprint density at radius 2 is 2.25 bits per heavy atom. The zero-order valence-electron chi connectivity index (χ0n) is 6.17. The van der Waals surface area contributed by atoms with E-state index in [9.17, 15) is 13.2 Å². The summed E-state index contributed by atoms with van der Waals surface area (Å²) in [7, 11) is 0. The van der Waals surface area contributed by atoms with Crippen molar-refractivity contribution in [3.05, 3.63) is 24.5 Å². The van der Waals surface area contributed by atoms with Crippen LogP contribution in [0.3, 0.4) is 0 Å². The van der Waals surface area contributed by atoms with Crippen molar-refractivity contribution in [1.29, 1.82) is 0 Å². The van der Waals surface area contributed by atoms with Gasteiger partial charge in [-0.2, -0.15) is 18.3 Å². The Labute approximate surface area is 67.3 Å². The van der Waals surface area contributed by atoms with E-state index in [1.54, 1.807) is 0 Å². The van der Waals surface area contributed by atoms with Crippen LogP contribution in [0.2, 0.25) is 0 Å². The zero-order chi connectivity index (χ0) is 9.19. The lowest BCUT2D eigenvalue weighted by atomic mass is 10.4. The molecule has 0 aromatic carbocycles. The predicted octanol–water partition coefficient (Wildman–Crippen LogP) is 2.09. The van der Waals surface area contributed by atoms with Crippen LogP contribution < -0.4 is 0 Å². The van der Waals surface area contributed by atoms with Gasteiger partial charge >= 0.3 is 6.18 Å². The molecule has 1 aromatic heterocycles. The monoisotopic (exact) mass is 176 g/mol. The largest absolute Gasteiger partial charge is 0.408 e. The van der Waals surface area contributed by atoms with Crippen LogP contribution in [0.25, 0.3) is 6.08 Å².